The number of benzene rings is 1. The molecule has 1 saturated heterocycles. The number of nitrogens with one attached hydrogen (secondary N) is 2. The van der Waals surface area contributed by atoms with Gasteiger partial charge in [0.2, 0.25) is 5.95 Å². The Hall–Kier alpha value is -2.85. The Balaban J connectivity index is 1.52. The van der Waals surface area contributed by atoms with Crippen molar-refractivity contribution in [1.29, 1.82) is 0 Å². The number of imidazole rings is 1. The van der Waals surface area contributed by atoms with E-state index in [1.165, 1.54) is 7.11 Å². The van der Waals surface area contributed by atoms with E-state index in [-0.39, 0.29) is 17.9 Å². The predicted molar refractivity (Wildman–Crippen MR) is 134 cm³/mol. The molecule has 2 aromatic rings. The molecule has 35 heavy (non-hydrogen) atoms. The zero-order valence-electron chi connectivity index (χ0n) is 21.5. The standard InChI is InChI=1S/C25H35BN4O5/c1-15(2)20(29-23(32)33-7)21(31)30(18-12-13-18)22-27-14-19(28-22)16-8-10-17(11-9-16)26-34-24(3,4)25(5,6)35-26/h8-11,14-15,18,20H,12-13H2,1-7H3,(H,27,28)(H,29,32). The van der Waals surface area contributed by atoms with Crippen LogP contribution in [-0.4, -0.2) is 59.5 Å². The molecule has 9 nitrogen and oxygen atoms in total. The van der Waals surface area contributed by atoms with Crippen LogP contribution >= 0.6 is 0 Å². The summed E-state index contributed by atoms with van der Waals surface area (Å²) in [5.41, 5.74) is 1.87. The van der Waals surface area contributed by atoms with Crippen molar-refractivity contribution in [1.82, 2.24) is 15.3 Å². The van der Waals surface area contributed by atoms with Gasteiger partial charge in [-0.2, -0.15) is 0 Å². The highest BCUT2D eigenvalue weighted by Gasteiger charge is 2.51. The minimum absolute atomic E-state index is 0.0629. The van der Waals surface area contributed by atoms with Gasteiger partial charge in [-0.25, -0.2) is 9.78 Å². The number of carbonyl (C=O) groups excluding carboxylic acids is 2. The molecule has 2 N–H and O–H groups in total. The van der Waals surface area contributed by atoms with E-state index in [4.69, 9.17) is 14.0 Å². The molecule has 1 aromatic heterocycles. The number of hydrogen-bond acceptors (Lipinski definition) is 6. The lowest BCUT2D eigenvalue weighted by Gasteiger charge is -2.32. The van der Waals surface area contributed by atoms with Gasteiger partial charge in [0.05, 0.1) is 30.2 Å². The van der Waals surface area contributed by atoms with Crippen molar-refractivity contribution in [2.24, 2.45) is 5.92 Å². The van der Waals surface area contributed by atoms with E-state index in [1.54, 1.807) is 11.1 Å². The topological polar surface area (TPSA) is 106 Å². The van der Waals surface area contributed by atoms with E-state index >= 15 is 0 Å². The van der Waals surface area contributed by atoms with Gasteiger partial charge < -0.3 is 24.3 Å². The summed E-state index contributed by atoms with van der Waals surface area (Å²) in [6.45, 7) is 11.9. The summed E-state index contributed by atoms with van der Waals surface area (Å²) in [6.07, 6.45) is 2.89. The van der Waals surface area contributed by atoms with Crippen LogP contribution in [0.5, 0.6) is 0 Å². The SMILES string of the molecule is COC(=O)NC(C(=O)N(c1ncc(-c2ccc(B3OC(C)(C)C(C)(C)O3)cc2)[nH]1)C1CC1)C(C)C. The highest BCUT2D eigenvalue weighted by molar-refractivity contribution is 6.62. The highest BCUT2D eigenvalue weighted by atomic mass is 16.7. The molecule has 188 valence electrons. The fourth-order valence-electron chi connectivity index (χ4n) is 4.02. The van der Waals surface area contributed by atoms with Crippen LogP contribution in [0.25, 0.3) is 11.3 Å². The first-order valence-electron chi connectivity index (χ1n) is 12.1. The van der Waals surface area contributed by atoms with Crippen LogP contribution in [0.1, 0.15) is 54.4 Å². The lowest BCUT2D eigenvalue weighted by atomic mass is 9.79. The molecular formula is C25H35BN4O5. The number of aromatic amines is 1. The second kappa shape index (κ2) is 9.31. The first kappa shape index (κ1) is 25.3. The normalized spacial score (nSPS) is 19.5. The Kier molecular flexibility index (Phi) is 6.72. The van der Waals surface area contributed by atoms with Crippen LogP contribution in [0.4, 0.5) is 10.7 Å². The van der Waals surface area contributed by atoms with Crippen LogP contribution in [0, 0.1) is 5.92 Å². The van der Waals surface area contributed by atoms with Gasteiger partial charge in [-0.3, -0.25) is 9.69 Å². The first-order chi connectivity index (χ1) is 16.4. The molecule has 2 heterocycles. The fraction of sp³-hybridized carbons (Fsp3) is 0.560. The first-order valence-corrected chi connectivity index (χ1v) is 12.1. The van der Waals surface area contributed by atoms with Crippen LogP contribution in [-0.2, 0) is 18.8 Å². The van der Waals surface area contributed by atoms with Gasteiger partial charge in [-0.1, -0.05) is 38.1 Å². The van der Waals surface area contributed by atoms with Gasteiger partial charge in [0.25, 0.3) is 5.91 Å². The number of nitrogens with zero attached hydrogens (tertiary/aromatic N) is 2. The Labute approximate surface area is 207 Å². The zero-order chi connectivity index (χ0) is 25.5. The van der Waals surface area contributed by atoms with Crippen molar-refractivity contribution in [3.8, 4) is 11.3 Å². The number of anilines is 1. The fourth-order valence-corrected chi connectivity index (χ4v) is 4.02. The van der Waals surface area contributed by atoms with Crippen molar-refractivity contribution in [3.63, 3.8) is 0 Å². The van der Waals surface area contributed by atoms with E-state index < -0.39 is 30.5 Å². The molecule has 4 rings (SSSR count). The van der Waals surface area contributed by atoms with Gasteiger partial charge in [0.15, 0.2) is 0 Å². The summed E-state index contributed by atoms with van der Waals surface area (Å²) in [7, 11) is 0.858. The molecule has 2 fully saturated rings. The van der Waals surface area contributed by atoms with Crippen molar-refractivity contribution >= 4 is 30.5 Å². The number of carbonyl (C=O) groups is 2. The Morgan fingerprint density at radius 2 is 1.74 bits per heavy atom. The smallest absolute Gasteiger partial charge is 0.453 e. The monoisotopic (exact) mass is 482 g/mol. The second-order valence-corrected chi connectivity index (χ2v) is 10.6. The maximum Gasteiger partial charge on any atom is 0.494 e. The summed E-state index contributed by atoms with van der Waals surface area (Å²) in [4.78, 5) is 34.7. The summed E-state index contributed by atoms with van der Waals surface area (Å²) in [5, 5.41) is 2.66. The summed E-state index contributed by atoms with van der Waals surface area (Å²) in [6, 6.07) is 7.28. The molecule has 10 heteroatoms. The van der Waals surface area contributed by atoms with E-state index in [0.29, 0.717) is 5.95 Å². The van der Waals surface area contributed by atoms with Crippen LogP contribution in [0.3, 0.4) is 0 Å². The average Bonchev–Trinajstić information content (AvgIpc) is 3.46. The molecule has 0 spiro atoms. The Morgan fingerprint density at radius 3 is 2.26 bits per heavy atom. The van der Waals surface area contributed by atoms with Gasteiger partial charge in [-0.15, -0.1) is 0 Å². The zero-order valence-corrected chi connectivity index (χ0v) is 21.5. The van der Waals surface area contributed by atoms with E-state index in [2.05, 4.69) is 15.3 Å². The van der Waals surface area contributed by atoms with E-state index in [9.17, 15) is 9.59 Å². The molecule has 0 bridgehead atoms. The second-order valence-electron chi connectivity index (χ2n) is 10.6. The van der Waals surface area contributed by atoms with Gasteiger partial charge in [0, 0.05) is 6.04 Å². The average molecular weight is 482 g/mol. The quantitative estimate of drug-likeness (QED) is 0.587. The molecule has 1 aliphatic heterocycles. The highest BCUT2D eigenvalue weighted by Crippen LogP contribution is 2.37. The van der Waals surface area contributed by atoms with Crippen molar-refractivity contribution in [2.45, 2.75) is 77.7 Å². The van der Waals surface area contributed by atoms with Crippen LogP contribution in [0.2, 0.25) is 0 Å². The maximum absolute atomic E-state index is 13.4. The molecule has 0 radical (unpaired) electrons. The van der Waals surface area contributed by atoms with Crippen molar-refractivity contribution < 1.29 is 23.6 Å². The third kappa shape index (κ3) is 5.09. The lowest BCUT2D eigenvalue weighted by molar-refractivity contribution is -0.121. The summed E-state index contributed by atoms with van der Waals surface area (Å²) in [5.74, 6) is 0.157. The van der Waals surface area contributed by atoms with E-state index in [1.807, 2.05) is 65.8 Å². The molecule has 2 amide bonds. The summed E-state index contributed by atoms with van der Waals surface area (Å²) < 4.78 is 17.0. The Bertz CT molecular complexity index is 1060. The number of aromatic nitrogens is 2. The minimum Gasteiger partial charge on any atom is -0.453 e. The molecular weight excluding hydrogens is 447 g/mol. The van der Waals surface area contributed by atoms with Gasteiger partial charge >= 0.3 is 13.2 Å². The van der Waals surface area contributed by atoms with Crippen LogP contribution < -0.4 is 15.7 Å². The summed E-state index contributed by atoms with van der Waals surface area (Å²) >= 11 is 0. The third-order valence-electron chi connectivity index (χ3n) is 7.08. The molecule has 1 aliphatic carbocycles. The number of hydrogen-bond donors (Lipinski definition) is 2. The predicted octanol–water partition coefficient (Wildman–Crippen LogP) is 3.25. The minimum atomic E-state index is -0.712. The largest absolute Gasteiger partial charge is 0.494 e. The molecule has 1 saturated carbocycles. The Morgan fingerprint density at radius 1 is 1.14 bits per heavy atom. The number of methoxy groups -OCH3 is 1. The number of alkyl carbamates (subject to hydrolysis) is 1. The number of amides is 2. The number of rotatable bonds is 7. The van der Waals surface area contributed by atoms with Crippen molar-refractivity contribution in [3.05, 3.63) is 30.5 Å². The molecule has 2 aliphatic rings. The number of ether oxygens (including phenoxy) is 1. The maximum atomic E-state index is 13.4. The third-order valence-corrected chi connectivity index (χ3v) is 7.08. The molecule has 1 unspecified atom stereocenters. The number of H-pyrrole nitrogens is 1. The van der Waals surface area contributed by atoms with Gasteiger partial charge in [-0.05, 0) is 57.5 Å². The van der Waals surface area contributed by atoms with Crippen LogP contribution in [0.15, 0.2) is 30.5 Å². The van der Waals surface area contributed by atoms with Gasteiger partial charge in [0.1, 0.15) is 6.04 Å². The molecule has 1 aromatic carbocycles. The lowest BCUT2D eigenvalue weighted by Crippen LogP contribution is -2.52. The van der Waals surface area contributed by atoms with E-state index in [0.717, 1.165) is 29.6 Å². The molecule has 1 atom stereocenters. The van der Waals surface area contributed by atoms with Crippen molar-refractivity contribution in [2.75, 3.05) is 12.0 Å².